The summed E-state index contributed by atoms with van der Waals surface area (Å²) in [7, 11) is 7.23. The zero-order valence-corrected chi connectivity index (χ0v) is 16.1. The number of fused-ring (bicyclic) bond motifs is 1. The van der Waals surface area contributed by atoms with E-state index < -0.39 is 0 Å². The van der Waals surface area contributed by atoms with Crippen LogP contribution < -0.4 is 0 Å². The Hall–Kier alpha value is -1.14. The van der Waals surface area contributed by atoms with Gasteiger partial charge in [0.1, 0.15) is 0 Å². The predicted molar refractivity (Wildman–Crippen MR) is 96.1 cm³/mol. The highest BCUT2D eigenvalue weighted by atomic mass is 16.5. The molecule has 6 nitrogen and oxygen atoms in total. The third-order valence-corrected chi connectivity index (χ3v) is 6.37. The maximum absolute atomic E-state index is 12.3. The number of amides is 2. The first-order valence-electron chi connectivity index (χ1n) is 9.66. The monoisotopic (exact) mass is 351 g/mol. The first kappa shape index (κ1) is 18.6. The second-order valence-electron chi connectivity index (χ2n) is 8.40. The van der Waals surface area contributed by atoms with E-state index >= 15 is 0 Å². The third-order valence-electron chi connectivity index (χ3n) is 6.37. The summed E-state index contributed by atoms with van der Waals surface area (Å²) in [5, 5.41) is 0. The highest BCUT2D eigenvalue weighted by Gasteiger charge is 2.53. The van der Waals surface area contributed by atoms with Crippen LogP contribution in [0.4, 0.5) is 0 Å². The lowest BCUT2D eigenvalue weighted by molar-refractivity contribution is -0.131. The van der Waals surface area contributed by atoms with Crippen LogP contribution in [0.2, 0.25) is 0 Å². The van der Waals surface area contributed by atoms with Crippen molar-refractivity contribution < 1.29 is 14.3 Å². The van der Waals surface area contributed by atoms with E-state index in [1.807, 2.05) is 14.1 Å². The van der Waals surface area contributed by atoms with Crippen molar-refractivity contribution in [2.75, 3.05) is 41.3 Å². The molecule has 142 valence electrons. The van der Waals surface area contributed by atoms with Crippen molar-refractivity contribution in [3.05, 3.63) is 0 Å². The van der Waals surface area contributed by atoms with Gasteiger partial charge in [-0.2, -0.15) is 0 Å². The van der Waals surface area contributed by atoms with Gasteiger partial charge in [0.2, 0.25) is 11.8 Å². The average Bonchev–Trinajstić information content (AvgIpc) is 3.26. The summed E-state index contributed by atoms with van der Waals surface area (Å²) in [6, 6.07) is 1.02. The van der Waals surface area contributed by atoms with Crippen molar-refractivity contribution >= 4 is 11.8 Å². The Morgan fingerprint density at radius 3 is 2.20 bits per heavy atom. The maximum Gasteiger partial charge on any atom is 0.224 e. The fourth-order valence-electron chi connectivity index (χ4n) is 4.97. The lowest BCUT2D eigenvalue weighted by atomic mass is 9.84. The van der Waals surface area contributed by atoms with Crippen LogP contribution in [-0.4, -0.2) is 86.0 Å². The van der Waals surface area contributed by atoms with Crippen molar-refractivity contribution in [2.45, 2.75) is 56.7 Å². The standard InChI is InChI=1S/C19H33N3O3/c1-20(2)17(23)9-13-11-22(14-7-5-6-8-14)15-12-25-16(19(13)15)10-18(24)21(3)4/h13-16,19H,5-12H2,1-4H3/t13-,15-,16+,19-/m1/s1. The zero-order valence-electron chi connectivity index (χ0n) is 16.1. The van der Waals surface area contributed by atoms with Crippen LogP contribution in [0.1, 0.15) is 38.5 Å². The average molecular weight is 351 g/mol. The van der Waals surface area contributed by atoms with E-state index in [0.29, 0.717) is 43.4 Å². The number of carbonyl (C=O) groups is 2. The highest BCUT2D eigenvalue weighted by molar-refractivity contribution is 5.77. The molecular formula is C19H33N3O3. The minimum atomic E-state index is -0.0498. The Morgan fingerprint density at radius 1 is 1.00 bits per heavy atom. The molecule has 25 heavy (non-hydrogen) atoms. The molecular weight excluding hydrogens is 318 g/mol. The predicted octanol–water partition coefficient (Wildman–Crippen LogP) is 1.20. The highest BCUT2D eigenvalue weighted by Crippen LogP contribution is 2.44. The molecule has 2 saturated heterocycles. The molecule has 0 spiro atoms. The van der Waals surface area contributed by atoms with Gasteiger partial charge in [-0.25, -0.2) is 0 Å². The van der Waals surface area contributed by atoms with Crippen LogP contribution in [0.3, 0.4) is 0 Å². The first-order chi connectivity index (χ1) is 11.9. The Balaban J connectivity index is 1.75. The number of rotatable bonds is 5. The zero-order chi connectivity index (χ0) is 18.1. The number of likely N-dealkylation sites (tertiary alicyclic amines) is 1. The topological polar surface area (TPSA) is 53.1 Å². The van der Waals surface area contributed by atoms with Crippen molar-refractivity contribution in [1.82, 2.24) is 14.7 Å². The fourth-order valence-corrected chi connectivity index (χ4v) is 4.97. The number of hydrogen-bond donors (Lipinski definition) is 0. The molecule has 0 aromatic carbocycles. The molecule has 0 unspecified atom stereocenters. The van der Waals surface area contributed by atoms with Crippen LogP contribution in [0.5, 0.6) is 0 Å². The molecule has 0 aromatic rings. The van der Waals surface area contributed by atoms with Gasteiger partial charge in [-0.1, -0.05) is 12.8 Å². The lowest BCUT2D eigenvalue weighted by Crippen LogP contribution is -2.40. The van der Waals surface area contributed by atoms with Crippen LogP contribution >= 0.6 is 0 Å². The smallest absolute Gasteiger partial charge is 0.224 e. The van der Waals surface area contributed by atoms with Crippen LogP contribution in [0.15, 0.2) is 0 Å². The number of nitrogens with zero attached hydrogens (tertiary/aromatic N) is 3. The van der Waals surface area contributed by atoms with E-state index in [-0.39, 0.29) is 17.9 Å². The number of ether oxygens (including phenoxy) is 1. The van der Waals surface area contributed by atoms with E-state index in [1.54, 1.807) is 23.9 Å². The fraction of sp³-hybridized carbons (Fsp3) is 0.895. The summed E-state index contributed by atoms with van der Waals surface area (Å²) < 4.78 is 6.09. The molecule has 3 aliphatic rings. The van der Waals surface area contributed by atoms with E-state index in [1.165, 1.54) is 25.7 Å². The first-order valence-corrected chi connectivity index (χ1v) is 9.66. The van der Waals surface area contributed by atoms with Gasteiger partial charge in [0.05, 0.1) is 19.1 Å². The molecule has 2 aliphatic heterocycles. The molecule has 0 bridgehead atoms. The SMILES string of the molecule is CN(C)C(=O)C[C@@H]1CN(C2CCCC2)[C@@H]2CO[C@@H](CC(=O)N(C)C)[C@H]12. The van der Waals surface area contributed by atoms with Crippen molar-refractivity contribution in [2.24, 2.45) is 11.8 Å². The third kappa shape index (κ3) is 3.85. The molecule has 2 heterocycles. The second-order valence-corrected chi connectivity index (χ2v) is 8.40. The molecule has 3 fully saturated rings. The Bertz CT molecular complexity index is 502. The molecule has 4 atom stereocenters. The Kier molecular flexibility index (Phi) is 5.68. The van der Waals surface area contributed by atoms with Crippen molar-refractivity contribution in [3.63, 3.8) is 0 Å². The quantitative estimate of drug-likeness (QED) is 0.747. The summed E-state index contributed by atoms with van der Waals surface area (Å²) in [5.41, 5.74) is 0. The van der Waals surface area contributed by atoms with Crippen molar-refractivity contribution in [1.29, 1.82) is 0 Å². The second kappa shape index (κ2) is 7.62. The van der Waals surface area contributed by atoms with Gasteiger partial charge in [0.15, 0.2) is 0 Å². The van der Waals surface area contributed by atoms with Gasteiger partial charge in [-0.05, 0) is 18.8 Å². The normalized spacial score (nSPS) is 32.8. The molecule has 1 saturated carbocycles. The van der Waals surface area contributed by atoms with Crippen LogP contribution in [0.25, 0.3) is 0 Å². The van der Waals surface area contributed by atoms with Crippen LogP contribution in [-0.2, 0) is 14.3 Å². The van der Waals surface area contributed by atoms with Gasteiger partial charge in [0.25, 0.3) is 0 Å². The summed E-state index contributed by atoms with van der Waals surface area (Å²) in [4.78, 5) is 30.5. The number of hydrogen-bond acceptors (Lipinski definition) is 4. The maximum atomic E-state index is 12.3. The summed E-state index contributed by atoms with van der Waals surface area (Å²) in [6.45, 7) is 1.69. The summed E-state index contributed by atoms with van der Waals surface area (Å²) in [6.07, 6.45) is 6.09. The molecule has 0 N–H and O–H groups in total. The molecule has 0 aromatic heterocycles. The largest absolute Gasteiger partial charge is 0.376 e. The Labute approximate surface area is 151 Å². The molecule has 1 aliphatic carbocycles. The number of carbonyl (C=O) groups excluding carboxylic acids is 2. The molecule has 2 amide bonds. The molecule has 0 radical (unpaired) electrons. The van der Waals surface area contributed by atoms with E-state index in [2.05, 4.69) is 4.90 Å². The van der Waals surface area contributed by atoms with E-state index in [0.717, 1.165) is 6.54 Å². The minimum absolute atomic E-state index is 0.0498. The summed E-state index contributed by atoms with van der Waals surface area (Å²) >= 11 is 0. The van der Waals surface area contributed by atoms with Gasteiger partial charge >= 0.3 is 0 Å². The Morgan fingerprint density at radius 2 is 1.60 bits per heavy atom. The van der Waals surface area contributed by atoms with Crippen LogP contribution in [0, 0.1) is 11.8 Å². The lowest BCUT2D eigenvalue weighted by Gasteiger charge is -2.29. The van der Waals surface area contributed by atoms with Crippen molar-refractivity contribution in [3.8, 4) is 0 Å². The van der Waals surface area contributed by atoms with Gasteiger partial charge in [-0.3, -0.25) is 14.5 Å². The molecule has 6 heteroatoms. The summed E-state index contributed by atoms with van der Waals surface area (Å²) in [5.74, 6) is 0.889. The minimum Gasteiger partial charge on any atom is -0.376 e. The van der Waals surface area contributed by atoms with E-state index in [4.69, 9.17) is 4.74 Å². The van der Waals surface area contributed by atoms with Gasteiger partial charge < -0.3 is 14.5 Å². The van der Waals surface area contributed by atoms with Gasteiger partial charge in [-0.15, -0.1) is 0 Å². The van der Waals surface area contributed by atoms with E-state index in [9.17, 15) is 9.59 Å². The van der Waals surface area contributed by atoms with Gasteiger partial charge in [0, 0.05) is 59.2 Å². The molecule has 3 rings (SSSR count).